The molecule has 1 unspecified atom stereocenters. The van der Waals surface area contributed by atoms with Gasteiger partial charge in [-0.2, -0.15) is 0 Å². The molecule has 0 fully saturated rings. The standard InChI is InChI=1S/C15H25NOS/c1-12(2)8-9-17-10-11-18-15-6-4-14(5-7-15)13(3)16/h4-7,12-13H,8-11,16H2,1-3H3. The summed E-state index contributed by atoms with van der Waals surface area (Å²) in [6.45, 7) is 8.15. The summed E-state index contributed by atoms with van der Waals surface area (Å²) in [5.41, 5.74) is 7.00. The van der Waals surface area contributed by atoms with E-state index in [1.807, 2.05) is 18.7 Å². The summed E-state index contributed by atoms with van der Waals surface area (Å²) in [6, 6.07) is 8.59. The van der Waals surface area contributed by atoms with Crippen LogP contribution in [0.3, 0.4) is 0 Å². The van der Waals surface area contributed by atoms with Gasteiger partial charge in [-0.15, -0.1) is 11.8 Å². The molecule has 3 heteroatoms. The second-order valence-corrected chi connectivity index (χ2v) is 6.17. The van der Waals surface area contributed by atoms with Crippen molar-refractivity contribution in [3.63, 3.8) is 0 Å². The van der Waals surface area contributed by atoms with E-state index in [0.717, 1.165) is 31.3 Å². The largest absolute Gasteiger partial charge is 0.381 e. The van der Waals surface area contributed by atoms with Crippen molar-refractivity contribution in [1.82, 2.24) is 0 Å². The predicted molar refractivity (Wildman–Crippen MR) is 80.0 cm³/mol. The van der Waals surface area contributed by atoms with Crippen LogP contribution < -0.4 is 5.73 Å². The van der Waals surface area contributed by atoms with Crippen molar-refractivity contribution in [1.29, 1.82) is 0 Å². The van der Waals surface area contributed by atoms with Gasteiger partial charge in [0.15, 0.2) is 0 Å². The van der Waals surface area contributed by atoms with E-state index in [1.54, 1.807) is 0 Å². The maximum absolute atomic E-state index is 5.82. The molecule has 2 nitrogen and oxygen atoms in total. The van der Waals surface area contributed by atoms with Gasteiger partial charge in [-0.05, 0) is 37.0 Å². The van der Waals surface area contributed by atoms with Crippen molar-refractivity contribution in [2.75, 3.05) is 19.0 Å². The minimum Gasteiger partial charge on any atom is -0.381 e. The second-order valence-electron chi connectivity index (χ2n) is 5.00. The van der Waals surface area contributed by atoms with Gasteiger partial charge in [0.05, 0.1) is 6.61 Å². The zero-order valence-corrected chi connectivity index (χ0v) is 12.5. The smallest absolute Gasteiger partial charge is 0.0560 e. The van der Waals surface area contributed by atoms with Gasteiger partial charge in [-0.25, -0.2) is 0 Å². The van der Waals surface area contributed by atoms with Gasteiger partial charge in [0.1, 0.15) is 0 Å². The zero-order chi connectivity index (χ0) is 13.4. The van der Waals surface area contributed by atoms with E-state index in [0.29, 0.717) is 0 Å². The van der Waals surface area contributed by atoms with Crippen molar-refractivity contribution < 1.29 is 4.74 Å². The van der Waals surface area contributed by atoms with Crippen LogP contribution in [-0.2, 0) is 4.74 Å². The Morgan fingerprint density at radius 3 is 2.33 bits per heavy atom. The van der Waals surface area contributed by atoms with E-state index in [4.69, 9.17) is 10.5 Å². The third kappa shape index (κ3) is 6.43. The Hall–Kier alpha value is -0.510. The van der Waals surface area contributed by atoms with Crippen molar-refractivity contribution in [3.05, 3.63) is 29.8 Å². The first kappa shape index (κ1) is 15.5. The SMILES string of the molecule is CC(C)CCOCCSc1ccc(C(C)N)cc1. The molecule has 1 aromatic carbocycles. The van der Waals surface area contributed by atoms with E-state index in [-0.39, 0.29) is 6.04 Å². The molecule has 0 aromatic heterocycles. The molecule has 0 aliphatic carbocycles. The van der Waals surface area contributed by atoms with Crippen LogP contribution >= 0.6 is 11.8 Å². The Morgan fingerprint density at radius 2 is 1.78 bits per heavy atom. The summed E-state index contributed by atoms with van der Waals surface area (Å²) in [5.74, 6) is 1.73. The molecule has 0 bridgehead atoms. The number of benzene rings is 1. The third-order valence-corrected chi connectivity index (χ3v) is 3.72. The first-order valence-corrected chi connectivity index (χ1v) is 7.64. The summed E-state index contributed by atoms with van der Waals surface area (Å²) in [6.07, 6.45) is 1.15. The maximum Gasteiger partial charge on any atom is 0.0560 e. The fourth-order valence-electron chi connectivity index (χ4n) is 1.51. The molecular formula is C15H25NOS. The van der Waals surface area contributed by atoms with E-state index < -0.39 is 0 Å². The molecule has 0 saturated carbocycles. The second kappa shape index (κ2) is 8.57. The monoisotopic (exact) mass is 267 g/mol. The molecule has 0 amide bonds. The van der Waals surface area contributed by atoms with E-state index in [1.165, 1.54) is 10.5 Å². The third-order valence-electron chi connectivity index (χ3n) is 2.74. The molecule has 0 spiro atoms. The van der Waals surface area contributed by atoms with Gasteiger partial charge in [-0.3, -0.25) is 0 Å². The van der Waals surface area contributed by atoms with Crippen LogP contribution in [0.5, 0.6) is 0 Å². The number of hydrogen-bond acceptors (Lipinski definition) is 3. The van der Waals surface area contributed by atoms with Crippen LogP contribution in [0.1, 0.15) is 38.8 Å². The summed E-state index contributed by atoms with van der Waals surface area (Å²) >= 11 is 1.83. The molecule has 0 aliphatic heterocycles. The van der Waals surface area contributed by atoms with Gasteiger partial charge in [0, 0.05) is 23.3 Å². The predicted octanol–water partition coefficient (Wildman–Crippen LogP) is 3.86. The fraction of sp³-hybridized carbons (Fsp3) is 0.600. The highest BCUT2D eigenvalue weighted by Gasteiger charge is 2.00. The number of thioether (sulfide) groups is 1. The van der Waals surface area contributed by atoms with Crippen LogP contribution in [0.25, 0.3) is 0 Å². The molecule has 102 valence electrons. The molecule has 0 heterocycles. The van der Waals surface area contributed by atoms with Gasteiger partial charge >= 0.3 is 0 Å². The van der Waals surface area contributed by atoms with Crippen molar-refractivity contribution in [2.24, 2.45) is 11.7 Å². The molecule has 18 heavy (non-hydrogen) atoms. The number of rotatable bonds is 8. The minimum atomic E-state index is 0.114. The highest BCUT2D eigenvalue weighted by molar-refractivity contribution is 7.99. The fourth-order valence-corrected chi connectivity index (χ4v) is 2.27. The van der Waals surface area contributed by atoms with Crippen LogP contribution in [0.2, 0.25) is 0 Å². The first-order valence-electron chi connectivity index (χ1n) is 6.65. The summed E-state index contributed by atoms with van der Waals surface area (Å²) < 4.78 is 5.59. The van der Waals surface area contributed by atoms with Crippen LogP contribution in [0.4, 0.5) is 0 Å². The zero-order valence-electron chi connectivity index (χ0n) is 11.7. The summed E-state index contributed by atoms with van der Waals surface area (Å²) in [7, 11) is 0. The van der Waals surface area contributed by atoms with E-state index >= 15 is 0 Å². The maximum atomic E-state index is 5.82. The van der Waals surface area contributed by atoms with Gasteiger partial charge in [0.2, 0.25) is 0 Å². The van der Waals surface area contributed by atoms with Crippen molar-refractivity contribution in [2.45, 2.75) is 38.1 Å². The van der Waals surface area contributed by atoms with Crippen LogP contribution in [0, 0.1) is 5.92 Å². The van der Waals surface area contributed by atoms with Crippen molar-refractivity contribution in [3.8, 4) is 0 Å². The number of hydrogen-bond donors (Lipinski definition) is 1. The van der Waals surface area contributed by atoms with Crippen LogP contribution in [-0.4, -0.2) is 19.0 Å². The Balaban J connectivity index is 2.15. The van der Waals surface area contributed by atoms with E-state index in [9.17, 15) is 0 Å². The molecule has 0 aliphatic rings. The highest BCUT2D eigenvalue weighted by Crippen LogP contribution is 2.20. The van der Waals surface area contributed by atoms with Crippen molar-refractivity contribution >= 4 is 11.8 Å². The highest BCUT2D eigenvalue weighted by atomic mass is 32.2. The Labute approximate surface area is 115 Å². The first-order chi connectivity index (χ1) is 8.59. The number of ether oxygens (including phenoxy) is 1. The van der Waals surface area contributed by atoms with E-state index in [2.05, 4.69) is 38.1 Å². The van der Waals surface area contributed by atoms with Gasteiger partial charge in [0.25, 0.3) is 0 Å². The average molecular weight is 267 g/mol. The summed E-state index contributed by atoms with van der Waals surface area (Å²) in [5, 5.41) is 0. The lowest BCUT2D eigenvalue weighted by atomic mass is 10.1. The Kier molecular flexibility index (Phi) is 7.40. The number of nitrogens with two attached hydrogens (primary N) is 1. The quantitative estimate of drug-likeness (QED) is 0.574. The molecule has 2 N–H and O–H groups in total. The topological polar surface area (TPSA) is 35.2 Å². The van der Waals surface area contributed by atoms with Gasteiger partial charge < -0.3 is 10.5 Å². The van der Waals surface area contributed by atoms with Crippen LogP contribution in [0.15, 0.2) is 29.2 Å². The minimum absolute atomic E-state index is 0.114. The lowest BCUT2D eigenvalue weighted by Gasteiger charge is -2.08. The average Bonchev–Trinajstić information content (AvgIpc) is 2.34. The van der Waals surface area contributed by atoms with Gasteiger partial charge in [-0.1, -0.05) is 26.0 Å². The molecule has 1 atom stereocenters. The normalized spacial score (nSPS) is 12.9. The lowest BCUT2D eigenvalue weighted by molar-refractivity contribution is 0.138. The molecular weight excluding hydrogens is 242 g/mol. The Bertz CT molecular complexity index is 322. The molecule has 0 radical (unpaired) electrons. The molecule has 0 saturated heterocycles. The Morgan fingerprint density at radius 1 is 1.11 bits per heavy atom. The lowest BCUT2D eigenvalue weighted by Crippen LogP contribution is -2.04. The summed E-state index contributed by atoms with van der Waals surface area (Å²) in [4.78, 5) is 1.28. The molecule has 1 aromatic rings. The molecule has 1 rings (SSSR count).